The van der Waals surface area contributed by atoms with Crippen molar-refractivity contribution in [2.45, 2.75) is 65.7 Å². The average Bonchev–Trinajstić information content (AvgIpc) is 2.65. The van der Waals surface area contributed by atoms with E-state index in [1.54, 1.807) is 0 Å². The van der Waals surface area contributed by atoms with Gasteiger partial charge in [-0.2, -0.15) is 0 Å². The third kappa shape index (κ3) is 6.85. The molecule has 0 aliphatic carbocycles. The first-order valence-corrected chi connectivity index (χ1v) is 9.77. The van der Waals surface area contributed by atoms with Gasteiger partial charge in [-0.05, 0) is 48.6 Å². The van der Waals surface area contributed by atoms with Crippen LogP contribution < -0.4 is 4.74 Å². The third-order valence-corrected chi connectivity index (χ3v) is 4.62. The van der Waals surface area contributed by atoms with Crippen molar-refractivity contribution < 1.29 is 4.74 Å². The molecule has 25 heavy (non-hydrogen) atoms. The molecule has 1 atom stereocenters. The molecule has 0 fully saturated rings. The summed E-state index contributed by atoms with van der Waals surface area (Å²) in [5, 5.41) is 0. The fourth-order valence-electron chi connectivity index (χ4n) is 2.75. The fraction of sp³-hybridized carbons (Fsp3) is 0.545. The van der Waals surface area contributed by atoms with E-state index in [0.717, 1.165) is 36.6 Å². The quantitative estimate of drug-likeness (QED) is 0.465. The van der Waals surface area contributed by atoms with E-state index in [-0.39, 0.29) is 0 Å². The van der Waals surface area contributed by atoms with Gasteiger partial charge in [0.15, 0.2) is 5.82 Å². The van der Waals surface area contributed by atoms with E-state index in [2.05, 4.69) is 30.7 Å². The molecule has 0 amide bonds. The Kier molecular flexibility index (Phi) is 8.44. The number of aromatic nitrogens is 2. The Balaban J connectivity index is 1.83. The molecule has 0 N–H and O–H groups in total. The first-order chi connectivity index (χ1) is 12.2. The molecule has 1 aromatic carbocycles. The number of rotatable bonds is 11. The van der Waals surface area contributed by atoms with Crippen LogP contribution >= 0.6 is 0 Å². The van der Waals surface area contributed by atoms with Crippen molar-refractivity contribution in [3.63, 3.8) is 0 Å². The van der Waals surface area contributed by atoms with Crippen molar-refractivity contribution in [2.75, 3.05) is 6.61 Å². The molecule has 1 heterocycles. The Labute approximate surface area is 152 Å². The van der Waals surface area contributed by atoms with Crippen LogP contribution in [-0.4, -0.2) is 16.6 Å². The number of unbranched alkanes of at least 4 members (excludes halogenated alkanes) is 4. The number of hydrogen-bond donors (Lipinski definition) is 0. The Hall–Kier alpha value is -1.90. The molecule has 3 heteroatoms. The standard InChI is InChI=1S/C22H32N2O/c1-4-6-7-8-9-14-25-21-12-10-20(11-13-21)22-23-16-19(17-24-22)15-18(3)5-2/h10-13,16-18H,4-9,14-15H2,1-3H3. The predicted molar refractivity (Wildman–Crippen MR) is 105 cm³/mol. The van der Waals surface area contributed by atoms with Crippen molar-refractivity contribution >= 4 is 0 Å². The zero-order valence-corrected chi connectivity index (χ0v) is 16.0. The molecule has 0 bridgehead atoms. The molecule has 2 aromatic rings. The first-order valence-electron chi connectivity index (χ1n) is 9.77. The van der Waals surface area contributed by atoms with Gasteiger partial charge in [0, 0.05) is 18.0 Å². The van der Waals surface area contributed by atoms with Crippen molar-refractivity contribution in [2.24, 2.45) is 5.92 Å². The van der Waals surface area contributed by atoms with E-state index in [1.807, 2.05) is 36.7 Å². The second-order valence-electron chi connectivity index (χ2n) is 6.92. The molecule has 0 saturated heterocycles. The van der Waals surface area contributed by atoms with E-state index in [4.69, 9.17) is 4.74 Å². The highest BCUT2D eigenvalue weighted by Crippen LogP contribution is 2.20. The van der Waals surface area contributed by atoms with Gasteiger partial charge in [0.1, 0.15) is 5.75 Å². The van der Waals surface area contributed by atoms with Crippen molar-refractivity contribution in [1.29, 1.82) is 0 Å². The van der Waals surface area contributed by atoms with Crippen LogP contribution in [0.2, 0.25) is 0 Å². The van der Waals surface area contributed by atoms with E-state index in [1.165, 1.54) is 37.7 Å². The highest BCUT2D eigenvalue weighted by atomic mass is 16.5. The van der Waals surface area contributed by atoms with Crippen LogP contribution in [0, 0.1) is 5.92 Å². The Morgan fingerprint density at radius 3 is 2.24 bits per heavy atom. The van der Waals surface area contributed by atoms with Gasteiger partial charge >= 0.3 is 0 Å². The summed E-state index contributed by atoms with van der Waals surface area (Å²) in [7, 11) is 0. The zero-order chi connectivity index (χ0) is 17.9. The third-order valence-electron chi connectivity index (χ3n) is 4.62. The lowest BCUT2D eigenvalue weighted by Gasteiger charge is -2.09. The van der Waals surface area contributed by atoms with Crippen LogP contribution in [-0.2, 0) is 6.42 Å². The van der Waals surface area contributed by atoms with Crippen LogP contribution in [0.25, 0.3) is 11.4 Å². The lowest BCUT2D eigenvalue weighted by molar-refractivity contribution is 0.304. The van der Waals surface area contributed by atoms with Gasteiger partial charge in [-0.15, -0.1) is 0 Å². The van der Waals surface area contributed by atoms with Gasteiger partial charge in [0.05, 0.1) is 6.61 Å². The molecular weight excluding hydrogens is 308 g/mol. The smallest absolute Gasteiger partial charge is 0.159 e. The first kappa shape index (κ1) is 19.4. The van der Waals surface area contributed by atoms with Gasteiger partial charge in [-0.1, -0.05) is 52.9 Å². The summed E-state index contributed by atoms with van der Waals surface area (Å²) in [5.41, 5.74) is 2.24. The maximum absolute atomic E-state index is 5.81. The van der Waals surface area contributed by atoms with E-state index < -0.39 is 0 Å². The molecule has 0 aliphatic heterocycles. The molecule has 136 valence electrons. The van der Waals surface area contributed by atoms with E-state index >= 15 is 0 Å². The average molecular weight is 341 g/mol. The summed E-state index contributed by atoms with van der Waals surface area (Å²) in [5.74, 6) is 2.37. The molecule has 0 spiro atoms. The Bertz CT molecular complexity index is 592. The molecule has 2 rings (SSSR count). The lowest BCUT2D eigenvalue weighted by Crippen LogP contribution is -2.00. The minimum Gasteiger partial charge on any atom is -0.494 e. The van der Waals surface area contributed by atoms with Crippen LogP contribution in [0.4, 0.5) is 0 Å². The molecule has 0 radical (unpaired) electrons. The fourth-order valence-corrected chi connectivity index (χ4v) is 2.75. The second-order valence-corrected chi connectivity index (χ2v) is 6.92. The predicted octanol–water partition coefficient (Wildman–Crippen LogP) is 6.08. The summed E-state index contributed by atoms with van der Waals surface area (Å²) in [6.45, 7) is 7.51. The molecule has 1 aromatic heterocycles. The summed E-state index contributed by atoms with van der Waals surface area (Å²) in [6, 6.07) is 8.10. The maximum atomic E-state index is 5.81. The SMILES string of the molecule is CCCCCCCOc1ccc(-c2ncc(CC(C)CC)cn2)cc1. The normalized spacial score (nSPS) is 12.1. The van der Waals surface area contributed by atoms with Crippen molar-refractivity contribution in [1.82, 2.24) is 9.97 Å². The summed E-state index contributed by atoms with van der Waals surface area (Å²) in [4.78, 5) is 9.04. The zero-order valence-electron chi connectivity index (χ0n) is 16.0. The minimum atomic E-state index is 0.674. The molecule has 0 saturated carbocycles. The van der Waals surface area contributed by atoms with Crippen molar-refractivity contribution in [3.05, 3.63) is 42.2 Å². The van der Waals surface area contributed by atoms with Gasteiger partial charge in [-0.3, -0.25) is 0 Å². The number of hydrogen-bond acceptors (Lipinski definition) is 3. The van der Waals surface area contributed by atoms with Crippen LogP contribution in [0.3, 0.4) is 0 Å². The van der Waals surface area contributed by atoms with Crippen LogP contribution in [0.15, 0.2) is 36.7 Å². The minimum absolute atomic E-state index is 0.674. The van der Waals surface area contributed by atoms with Gasteiger partial charge in [-0.25, -0.2) is 9.97 Å². The number of benzene rings is 1. The summed E-state index contributed by atoms with van der Waals surface area (Å²) >= 11 is 0. The highest BCUT2D eigenvalue weighted by molar-refractivity contribution is 5.55. The van der Waals surface area contributed by atoms with E-state index in [9.17, 15) is 0 Å². The lowest BCUT2D eigenvalue weighted by atomic mass is 10.0. The number of ether oxygens (including phenoxy) is 1. The summed E-state index contributed by atoms with van der Waals surface area (Å²) in [6.07, 6.45) is 12.4. The molecule has 3 nitrogen and oxygen atoms in total. The van der Waals surface area contributed by atoms with Crippen LogP contribution in [0.1, 0.15) is 64.9 Å². The Morgan fingerprint density at radius 2 is 1.60 bits per heavy atom. The Morgan fingerprint density at radius 1 is 0.920 bits per heavy atom. The summed E-state index contributed by atoms with van der Waals surface area (Å²) < 4.78 is 5.81. The highest BCUT2D eigenvalue weighted by Gasteiger charge is 2.05. The van der Waals surface area contributed by atoms with Crippen LogP contribution in [0.5, 0.6) is 5.75 Å². The topological polar surface area (TPSA) is 35.0 Å². The van der Waals surface area contributed by atoms with E-state index in [0.29, 0.717) is 5.92 Å². The monoisotopic (exact) mass is 340 g/mol. The van der Waals surface area contributed by atoms with Crippen molar-refractivity contribution in [3.8, 4) is 17.1 Å². The molecular formula is C22H32N2O. The molecule has 1 unspecified atom stereocenters. The maximum Gasteiger partial charge on any atom is 0.159 e. The van der Waals surface area contributed by atoms with Gasteiger partial charge < -0.3 is 4.74 Å². The second kappa shape index (κ2) is 10.9. The molecule has 0 aliphatic rings. The van der Waals surface area contributed by atoms with Gasteiger partial charge in [0.2, 0.25) is 0 Å². The number of nitrogens with zero attached hydrogens (tertiary/aromatic N) is 2. The van der Waals surface area contributed by atoms with Gasteiger partial charge in [0.25, 0.3) is 0 Å². The largest absolute Gasteiger partial charge is 0.494 e.